The van der Waals surface area contributed by atoms with Crippen molar-refractivity contribution in [1.29, 1.82) is 0 Å². The van der Waals surface area contributed by atoms with Crippen molar-refractivity contribution in [3.8, 4) is 0 Å². The zero-order valence-electron chi connectivity index (χ0n) is 6.79. The Morgan fingerprint density at radius 1 is 1.36 bits per heavy atom. The second kappa shape index (κ2) is 3.38. The Kier molecular flexibility index (Phi) is 2.47. The largest absolute Gasteiger partial charge is 0.307 e. The molecule has 0 aliphatic rings. The summed E-state index contributed by atoms with van der Waals surface area (Å²) in [6.45, 7) is 3.70. The van der Waals surface area contributed by atoms with E-state index >= 15 is 0 Å². The zero-order valence-corrected chi connectivity index (χ0v) is 6.79. The Morgan fingerprint density at radius 2 is 2.00 bits per heavy atom. The SMILES string of the molecule is C[B]C(=O)c1ccccc1C. The summed E-state index contributed by atoms with van der Waals surface area (Å²) in [7, 11) is 1.59. The van der Waals surface area contributed by atoms with E-state index in [4.69, 9.17) is 0 Å². The molecular formula is C9H10BO. The summed E-state index contributed by atoms with van der Waals surface area (Å²) in [5.74, 6) is 0. The Labute approximate surface area is 67.7 Å². The van der Waals surface area contributed by atoms with Crippen LogP contribution in [0.3, 0.4) is 0 Å². The number of hydrogen-bond acceptors (Lipinski definition) is 1. The molecular weight excluding hydrogens is 135 g/mol. The molecule has 0 saturated carbocycles. The zero-order chi connectivity index (χ0) is 8.27. The molecule has 0 spiro atoms. The number of rotatable bonds is 2. The molecule has 0 amide bonds. The Morgan fingerprint density at radius 3 is 2.55 bits per heavy atom. The fourth-order valence-electron chi connectivity index (χ4n) is 1.00. The average Bonchev–Trinajstić information content (AvgIpc) is 2.04. The summed E-state index contributed by atoms with van der Waals surface area (Å²) in [5.41, 5.74) is 1.94. The van der Waals surface area contributed by atoms with Crippen LogP contribution >= 0.6 is 0 Å². The van der Waals surface area contributed by atoms with E-state index in [1.54, 1.807) is 14.1 Å². The Bertz CT molecular complexity index is 268. The van der Waals surface area contributed by atoms with Crippen molar-refractivity contribution in [3.05, 3.63) is 35.4 Å². The molecule has 0 aliphatic heterocycles. The number of hydrogen-bond donors (Lipinski definition) is 0. The normalized spacial score (nSPS) is 9.27. The van der Waals surface area contributed by atoms with Crippen LogP contribution in [0.2, 0.25) is 6.82 Å². The molecule has 0 unspecified atom stereocenters. The molecule has 0 aromatic heterocycles. The van der Waals surface area contributed by atoms with E-state index in [9.17, 15) is 4.79 Å². The van der Waals surface area contributed by atoms with Crippen LogP contribution in [-0.2, 0) is 0 Å². The summed E-state index contributed by atoms with van der Waals surface area (Å²) in [6.07, 6.45) is 0. The van der Waals surface area contributed by atoms with E-state index in [0.717, 1.165) is 11.1 Å². The summed E-state index contributed by atoms with van der Waals surface area (Å²) < 4.78 is 0. The number of aryl methyl sites for hydroxylation is 1. The molecule has 11 heavy (non-hydrogen) atoms. The van der Waals surface area contributed by atoms with Gasteiger partial charge in [0.05, 0.1) is 0 Å². The van der Waals surface area contributed by atoms with Crippen molar-refractivity contribution < 1.29 is 4.79 Å². The fraction of sp³-hybridized carbons (Fsp3) is 0.222. The first-order chi connectivity index (χ1) is 5.25. The average molecular weight is 145 g/mol. The van der Waals surface area contributed by atoms with E-state index in [2.05, 4.69) is 0 Å². The van der Waals surface area contributed by atoms with Crippen molar-refractivity contribution in [2.24, 2.45) is 0 Å². The van der Waals surface area contributed by atoms with Crippen LogP contribution in [0.5, 0.6) is 0 Å². The second-order valence-corrected chi connectivity index (χ2v) is 2.47. The Hall–Kier alpha value is -1.05. The van der Waals surface area contributed by atoms with Gasteiger partial charge in [-0.3, -0.25) is 0 Å². The van der Waals surface area contributed by atoms with Crippen LogP contribution in [0, 0.1) is 6.92 Å². The standard InChI is InChI=1S/C9H10BO/c1-7-5-3-4-6-8(7)9(11)10-2/h3-6H,1-2H3. The molecule has 1 nitrogen and oxygen atoms in total. The van der Waals surface area contributed by atoms with Crippen LogP contribution in [0.1, 0.15) is 15.9 Å². The van der Waals surface area contributed by atoms with Gasteiger partial charge in [0.25, 0.3) is 0 Å². The third-order valence-corrected chi connectivity index (χ3v) is 1.67. The maximum atomic E-state index is 11.2. The molecule has 1 rings (SSSR count). The summed E-state index contributed by atoms with van der Waals surface area (Å²) in [6, 6.07) is 7.60. The van der Waals surface area contributed by atoms with Gasteiger partial charge in [-0.15, -0.1) is 0 Å². The minimum Gasteiger partial charge on any atom is -0.307 e. The summed E-state index contributed by atoms with van der Waals surface area (Å²) >= 11 is 0. The second-order valence-electron chi connectivity index (χ2n) is 2.47. The van der Waals surface area contributed by atoms with Crippen molar-refractivity contribution in [1.82, 2.24) is 0 Å². The Balaban J connectivity index is 3.03. The molecule has 55 valence electrons. The lowest BCUT2D eigenvalue weighted by atomic mass is 9.72. The maximum absolute atomic E-state index is 11.2. The van der Waals surface area contributed by atoms with Gasteiger partial charge in [-0.05, 0) is 12.5 Å². The third kappa shape index (κ3) is 1.70. The van der Waals surface area contributed by atoms with Gasteiger partial charge in [0.2, 0.25) is 7.28 Å². The molecule has 0 saturated heterocycles. The van der Waals surface area contributed by atoms with Crippen LogP contribution in [0.25, 0.3) is 0 Å². The quantitative estimate of drug-likeness (QED) is 0.580. The number of carbonyl (C=O) groups is 1. The first-order valence-electron chi connectivity index (χ1n) is 3.65. The van der Waals surface area contributed by atoms with Crippen LogP contribution in [-0.4, -0.2) is 13.0 Å². The van der Waals surface area contributed by atoms with Gasteiger partial charge < -0.3 is 4.79 Å². The van der Waals surface area contributed by atoms with Crippen molar-refractivity contribution in [2.75, 3.05) is 0 Å². The highest BCUT2D eigenvalue weighted by atomic mass is 16.1. The van der Waals surface area contributed by atoms with Gasteiger partial charge in [-0.2, -0.15) is 0 Å². The minimum atomic E-state index is 0.100. The molecule has 2 heteroatoms. The first kappa shape index (κ1) is 8.06. The van der Waals surface area contributed by atoms with E-state index in [1.165, 1.54) is 0 Å². The molecule has 1 aromatic carbocycles. The van der Waals surface area contributed by atoms with E-state index < -0.39 is 0 Å². The molecule has 0 N–H and O–H groups in total. The number of benzene rings is 1. The van der Waals surface area contributed by atoms with Crippen LogP contribution in [0.4, 0.5) is 0 Å². The van der Waals surface area contributed by atoms with E-state index in [1.807, 2.05) is 31.2 Å². The highest BCUT2D eigenvalue weighted by Crippen LogP contribution is 2.06. The monoisotopic (exact) mass is 145 g/mol. The van der Waals surface area contributed by atoms with Gasteiger partial charge in [-0.25, -0.2) is 0 Å². The van der Waals surface area contributed by atoms with Crippen molar-refractivity contribution >= 4 is 13.0 Å². The van der Waals surface area contributed by atoms with Crippen molar-refractivity contribution in [3.63, 3.8) is 0 Å². The molecule has 0 atom stereocenters. The lowest BCUT2D eigenvalue weighted by Crippen LogP contribution is -2.06. The highest BCUT2D eigenvalue weighted by molar-refractivity contribution is 6.76. The summed E-state index contributed by atoms with van der Waals surface area (Å²) in [5, 5.41) is 0. The third-order valence-electron chi connectivity index (χ3n) is 1.67. The highest BCUT2D eigenvalue weighted by Gasteiger charge is 2.04. The van der Waals surface area contributed by atoms with Gasteiger partial charge in [0, 0.05) is 5.56 Å². The lowest BCUT2D eigenvalue weighted by Gasteiger charge is -2.00. The van der Waals surface area contributed by atoms with Gasteiger partial charge in [0.15, 0.2) is 0 Å². The molecule has 1 aromatic rings. The maximum Gasteiger partial charge on any atom is 0.205 e. The fourth-order valence-corrected chi connectivity index (χ4v) is 1.00. The first-order valence-corrected chi connectivity index (χ1v) is 3.65. The molecule has 0 heterocycles. The lowest BCUT2D eigenvalue weighted by molar-refractivity contribution is 0.107. The van der Waals surface area contributed by atoms with E-state index in [-0.39, 0.29) is 5.68 Å². The predicted octanol–water partition coefficient (Wildman–Crippen LogP) is 1.89. The molecule has 1 radical (unpaired) electrons. The molecule has 0 aliphatic carbocycles. The van der Waals surface area contributed by atoms with Crippen LogP contribution in [0.15, 0.2) is 24.3 Å². The topological polar surface area (TPSA) is 17.1 Å². The molecule has 0 bridgehead atoms. The minimum absolute atomic E-state index is 0.100. The summed E-state index contributed by atoms with van der Waals surface area (Å²) in [4.78, 5) is 11.2. The van der Waals surface area contributed by atoms with Gasteiger partial charge in [0.1, 0.15) is 5.68 Å². The van der Waals surface area contributed by atoms with E-state index in [0.29, 0.717) is 0 Å². The van der Waals surface area contributed by atoms with Crippen LogP contribution < -0.4 is 0 Å². The van der Waals surface area contributed by atoms with Gasteiger partial charge in [-0.1, -0.05) is 31.1 Å². The number of carbonyl (C=O) groups excluding carboxylic acids is 1. The predicted molar refractivity (Wildman–Crippen MR) is 47.1 cm³/mol. The molecule has 0 fully saturated rings. The van der Waals surface area contributed by atoms with Gasteiger partial charge >= 0.3 is 0 Å². The smallest absolute Gasteiger partial charge is 0.205 e. The van der Waals surface area contributed by atoms with Crippen molar-refractivity contribution in [2.45, 2.75) is 13.7 Å².